The number of fused-ring (bicyclic) bond motifs is 1. The summed E-state index contributed by atoms with van der Waals surface area (Å²) >= 11 is 0. The lowest BCUT2D eigenvalue weighted by Crippen LogP contribution is -2.35. The van der Waals surface area contributed by atoms with Gasteiger partial charge in [-0.15, -0.1) is 0 Å². The average molecular weight is 389 g/mol. The quantitative estimate of drug-likeness (QED) is 0.856. The van der Waals surface area contributed by atoms with Crippen LogP contribution in [-0.4, -0.2) is 52.3 Å². The van der Waals surface area contributed by atoms with Gasteiger partial charge in [-0.3, -0.25) is 9.59 Å². The minimum absolute atomic E-state index is 0.0165. The van der Waals surface area contributed by atoms with Gasteiger partial charge in [-0.2, -0.15) is 0 Å². The summed E-state index contributed by atoms with van der Waals surface area (Å²) in [6.07, 6.45) is 0. The van der Waals surface area contributed by atoms with Gasteiger partial charge in [0.1, 0.15) is 5.75 Å². The topological polar surface area (TPSA) is 96.0 Å². The van der Waals surface area contributed by atoms with Crippen molar-refractivity contribution in [2.75, 3.05) is 38.0 Å². The molecular formula is C18H19N3O5S. The maximum Gasteiger partial charge on any atom is 0.264 e. The van der Waals surface area contributed by atoms with Crippen molar-refractivity contribution in [3.05, 3.63) is 48.0 Å². The Morgan fingerprint density at radius 1 is 1.15 bits per heavy atom. The number of hydrogen-bond donors (Lipinski definition) is 1. The first-order valence-electron chi connectivity index (χ1n) is 8.07. The maximum absolute atomic E-state index is 12.4. The van der Waals surface area contributed by atoms with Crippen molar-refractivity contribution < 1.29 is 22.7 Å². The molecule has 2 aromatic carbocycles. The van der Waals surface area contributed by atoms with Crippen LogP contribution < -0.4 is 15.0 Å². The van der Waals surface area contributed by atoms with E-state index in [9.17, 15) is 18.0 Å². The first-order valence-corrected chi connectivity index (χ1v) is 9.51. The number of ether oxygens (including phenoxy) is 1. The lowest BCUT2D eigenvalue weighted by Gasteiger charge is -2.26. The summed E-state index contributed by atoms with van der Waals surface area (Å²) in [6.45, 7) is -0.0165. The number of nitrogens with zero attached hydrogens (tertiary/aromatic N) is 2. The van der Waals surface area contributed by atoms with Gasteiger partial charge in [-0.1, -0.05) is 0 Å². The number of carbonyl (C=O) groups is 2. The number of likely N-dealkylation sites (N-methyl/N-ethyl adjacent to an activating group) is 1. The summed E-state index contributed by atoms with van der Waals surface area (Å²) in [7, 11) is 0.972. The Balaban J connectivity index is 1.79. The van der Waals surface area contributed by atoms with Crippen molar-refractivity contribution in [3.63, 3.8) is 0 Å². The Hall–Kier alpha value is -2.91. The lowest BCUT2D eigenvalue weighted by atomic mass is 10.2. The van der Waals surface area contributed by atoms with Gasteiger partial charge in [-0.05, 0) is 42.5 Å². The summed E-state index contributed by atoms with van der Waals surface area (Å²) in [5.41, 5.74) is 1.37. The SMILES string of the molecule is CN1C(=O)COc2ccc(NC(=O)c3ccc(S(=O)(=O)N(C)C)cc3)cc21. The zero-order valence-electron chi connectivity index (χ0n) is 15.1. The fraction of sp³-hybridized carbons (Fsp3) is 0.222. The lowest BCUT2D eigenvalue weighted by molar-refractivity contribution is -0.120. The zero-order chi connectivity index (χ0) is 19.8. The molecule has 8 nitrogen and oxygen atoms in total. The van der Waals surface area contributed by atoms with E-state index < -0.39 is 15.9 Å². The van der Waals surface area contributed by atoms with Gasteiger partial charge < -0.3 is 15.0 Å². The number of benzene rings is 2. The van der Waals surface area contributed by atoms with E-state index in [-0.39, 0.29) is 17.4 Å². The van der Waals surface area contributed by atoms with E-state index in [1.165, 1.54) is 43.3 Å². The predicted octanol–water partition coefficient (Wildman–Crippen LogP) is 1.54. The third-order valence-corrected chi connectivity index (χ3v) is 6.03. The molecule has 0 fully saturated rings. The molecule has 2 amide bonds. The second kappa shape index (κ2) is 7.01. The van der Waals surface area contributed by atoms with Crippen LogP contribution in [0.4, 0.5) is 11.4 Å². The maximum atomic E-state index is 12.4. The highest BCUT2D eigenvalue weighted by Gasteiger charge is 2.23. The Morgan fingerprint density at radius 3 is 2.44 bits per heavy atom. The second-order valence-corrected chi connectivity index (χ2v) is 8.34. The molecule has 0 atom stereocenters. The normalized spacial score (nSPS) is 13.9. The van der Waals surface area contributed by atoms with Gasteiger partial charge in [0, 0.05) is 32.4 Å². The summed E-state index contributed by atoms with van der Waals surface area (Å²) in [4.78, 5) is 25.7. The van der Waals surface area contributed by atoms with Crippen molar-refractivity contribution in [1.82, 2.24) is 4.31 Å². The van der Waals surface area contributed by atoms with Crippen LogP contribution in [0.25, 0.3) is 0 Å². The van der Waals surface area contributed by atoms with Gasteiger partial charge >= 0.3 is 0 Å². The Morgan fingerprint density at radius 2 is 1.81 bits per heavy atom. The first-order chi connectivity index (χ1) is 12.7. The Labute approximate surface area is 157 Å². The van der Waals surface area contributed by atoms with Crippen molar-refractivity contribution in [3.8, 4) is 5.75 Å². The molecule has 3 rings (SSSR count). The van der Waals surface area contributed by atoms with Gasteiger partial charge in [0.2, 0.25) is 10.0 Å². The van der Waals surface area contributed by atoms with E-state index in [1.54, 1.807) is 25.2 Å². The van der Waals surface area contributed by atoms with Gasteiger partial charge in [0.25, 0.3) is 11.8 Å². The summed E-state index contributed by atoms with van der Waals surface area (Å²) < 4.78 is 30.6. The molecule has 0 saturated heterocycles. The monoisotopic (exact) mass is 389 g/mol. The number of carbonyl (C=O) groups excluding carboxylic acids is 2. The molecule has 2 aromatic rings. The average Bonchev–Trinajstić information content (AvgIpc) is 2.65. The van der Waals surface area contributed by atoms with E-state index in [0.717, 1.165) is 4.31 Å². The molecule has 1 heterocycles. The molecule has 0 spiro atoms. The molecule has 142 valence electrons. The molecule has 1 aliphatic heterocycles. The molecule has 1 N–H and O–H groups in total. The Kier molecular flexibility index (Phi) is 4.90. The molecular weight excluding hydrogens is 370 g/mol. The molecule has 1 aliphatic rings. The summed E-state index contributed by atoms with van der Waals surface area (Å²) in [5.74, 6) is -0.00790. The highest BCUT2D eigenvalue weighted by atomic mass is 32.2. The van der Waals surface area contributed by atoms with E-state index in [0.29, 0.717) is 22.7 Å². The largest absolute Gasteiger partial charge is 0.482 e. The van der Waals surface area contributed by atoms with Crippen LogP contribution in [0.5, 0.6) is 5.75 Å². The van der Waals surface area contributed by atoms with Crippen molar-refractivity contribution >= 4 is 33.2 Å². The molecule has 0 bridgehead atoms. The third-order valence-electron chi connectivity index (χ3n) is 4.20. The van der Waals surface area contributed by atoms with E-state index in [4.69, 9.17) is 4.74 Å². The number of sulfonamides is 1. The summed E-state index contributed by atoms with van der Waals surface area (Å²) in [6, 6.07) is 10.7. The highest BCUT2D eigenvalue weighted by molar-refractivity contribution is 7.89. The molecule has 27 heavy (non-hydrogen) atoms. The zero-order valence-corrected chi connectivity index (χ0v) is 15.9. The van der Waals surface area contributed by atoms with Crippen LogP contribution in [0, 0.1) is 0 Å². The van der Waals surface area contributed by atoms with Crippen molar-refractivity contribution in [2.24, 2.45) is 0 Å². The Bertz CT molecular complexity index is 1000. The van der Waals surface area contributed by atoms with Crippen LogP contribution in [0.1, 0.15) is 10.4 Å². The van der Waals surface area contributed by atoms with Crippen LogP contribution in [0.3, 0.4) is 0 Å². The van der Waals surface area contributed by atoms with Gasteiger partial charge in [-0.25, -0.2) is 12.7 Å². The smallest absolute Gasteiger partial charge is 0.264 e. The van der Waals surface area contributed by atoms with Crippen molar-refractivity contribution in [2.45, 2.75) is 4.90 Å². The van der Waals surface area contributed by atoms with E-state index in [2.05, 4.69) is 5.32 Å². The number of anilines is 2. The van der Waals surface area contributed by atoms with Gasteiger partial charge in [0.05, 0.1) is 10.6 Å². The van der Waals surface area contributed by atoms with Crippen LogP contribution >= 0.6 is 0 Å². The standard InChI is InChI=1S/C18H19N3O5S/c1-20(2)27(24,25)14-7-4-12(5-8-14)18(23)19-13-6-9-16-15(10-13)21(3)17(22)11-26-16/h4-10H,11H2,1-3H3,(H,19,23). The van der Waals surface area contributed by atoms with E-state index in [1.807, 2.05) is 0 Å². The third kappa shape index (κ3) is 3.64. The fourth-order valence-corrected chi connectivity index (χ4v) is 3.44. The van der Waals surface area contributed by atoms with Gasteiger partial charge in [0.15, 0.2) is 6.61 Å². The number of rotatable bonds is 4. The molecule has 0 aliphatic carbocycles. The molecule has 0 aromatic heterocycles. The molecule has 0 saturated carbocycles. The number of nitrogens with one attached hydrogen (secondary N) is 1. The molecule has 0 radical (unpaired) electrons. The van der Waals surface area contributed by atoms with Crippen LogP contribution in [0.15, 0.2) is 47.4 Å². The minimum Gasteiger partial charge on any atom is -0.482 e. The highest BCUT2D eigenvalue weighted by Crippen LogP contribution is 2.33. The molecule has 0 unspecified atom stereocenters. The van der Waals surface area contributed by atoms with E-state index >= 15 is 0 Å². The first kappa shape index (κ1) is 18.9. The number of amides is 2. The molecule has 9 heteroatoms. The van der Waals surface area contributed by atoms with Crippen LogP contribution in [-0.2, 0) is 14.8 Å². The van der Waals surface area contributed by atoms with Crippen LogP contribution in [0.2, 0.25) is 0 Å². The summed E-state index contributed by atoms with van der Waals surface area (Å²) in [5, 5.41) is 2.73. The van der Waals surface area contributed by atoms with Crippen molar-refractivity contribution in [1.29, 1.82) is 0 Å². The predicted molar refractivity (Wildman–Crippen MR) is 101 cm³/mol. The number of hydrogen-bond acceptors (Lipinski definition) is 5. The minimum atomic E-state index is -3.55. The fourth-order valence-electron chi connectivity index (χ4n) is 2.54. The second-order valence-electron chi connectivity index (χ2n) is 6.19.